The molecule has 0 aromatic heterocycles. The fourth-order valence-electron chi connectivity index (χ4n) is 3.56. The molecule has 2 aliphatic heterocycles. The number of nitrogens with one attached hydrogen (secondary N) is 1. The van der Waals surface area contributed by atoms with E-state index in [2.05, 4.69) is 11.4 Å². The molecule has 2 saturated heterocycles. The van der Waals surface area contributed by atoms with Crippen LogP contribution in [0.3, 0.4) is 0 Å². The van der Waals surface area contributed by atoms with Crippen LogP contribution in [0.25, 0.3) is 0 Å². The van der Waals surface area contributed by atoms with Crippen LogP contribution in [0.5, 0.6) is 0 Å². The van der Waals surface area contributed by atoms with Crippen LogP contribution < -0.4 is 5.32 Å². The molecular weight excluding hydrogens is 334 g/mol. The van der Waals surface area contributed by atoms with Gasteiger partial charge in [0, 0.05) is 12.2 Å². The quantitative estimate of drug-likeness (QED) is 0.879. The van der Waals surface area contributed by atoms with Gasteiger partial charge in [-0.05, 0) is 38.7 Å². The molecule has 1 aromatic carbocycles. The van der Waals surface area contributed by atoms with Crippen LogP contribution in [-0.4, -0.2) is 38.9 Å². The van der Waals surface area contributed by atoms with Gasteiger partial charge in [-0.15, -0.1) is 11.8 Å². The molecule has 0 radical (unpaired) electrons. The van der Waals surface area contributed by atoms with Gasteiger partial charge in [-0.25, -0.2) is 0 Å². The summed E-state index contributed by atoms with van der Waals surface area (Å²) in [6.07, 6.45) is 2.52. The number of thioether (sulfide) groups is 1. The molecule has 1 aromatic rings. The number of hydrogen-bond acceptors (Lipinski definition) is 4. The standard InChI is InChI=1S/C19H23N3O2S/c1-18(13-20,10-8-14-6-4-3-5-7-14)21-17(24)15-12-25-19(2)11-9-16(23)22(15)19/h3-7,15H,8-12H2,1-2H3,(H,21,24)/t15-,18+,19-/m0/s1. The number of nitriles is 1. The average molecular weight is 357 g/mol. The zero-order valence-corrected chi connectivity index (χ0v) is 15.4. The zero-order valence-electron chi connectivity index (χ0n) is 14.6. The minimum absolute atomic E-state index is 0.0376. The molecular formula is C19H23N3O2S. The van der Waals surface area contributed by atoms with E-state index in [9.17, 15) is 14.9 Å². The van der Waals surface area contributed by atoms with E-state index in [1.165, 1.54) is 0 Å². The molecule has 2 amide bonds. The molecule has 2 fully saturated rings. The van der Waals surface area contributed by atoms with Gasteiger partial charge in [0.25, 0.3) is 0 Å². The summed E-state index contributed by atoms with van der Waals surface area (Å²) in [6, 6.07) is 11.7. The SMILES string of the molecule is C[C@](C#N)(CCc1ccccc1)NC(=O)[C@@H]1CS[C@@]2(C)CCC(=O)N12. The summed E-state index contributed by atoms with van der Waals surface area (Å²) >= 11 is 1.66. The first kappa shape index (κ1) is 17.8. The fourth-order valence-corrected chi connectivity index (χ4v) is 4.99. The van der Waals surface area contributed by atoms with E-state index in [0.717, 1.165) is 12.0 Å². The van der Waals surface area contributed by atoms with E-state index in [1.807, 2.05) is 37.3 Å². The lowest BCUT2D eigenvalue weighted by Crippen LogP contribution is -2.55. The Kier molecular flexibility index (Phi) is 4.79. The first-order valence-electron chi connectivity index (χ1n) is 8.60. The summed E-state index contributed by atoms with van der Waals surface area (Å²) in [6.45, 7) is 3.77. The van der Waals surface area contributed by atoms with Crippen LogP contribution in [-0.2, 0) is 16.0 Å². The van der Waals surface area contributed by atoms with E-state index in [1.54, 1.807) is 23.6 Å². The summed E-state index contributed by atoms with van der Waals surface area (Å²) in [5, 5.41) is 12.5. The minimum atomic E-state index is -0.945. The summed E-state index contributed by atoms with van der Waals surface area (Å²) in [5.74, 6) is 0.410. The second-order valence-electron chi connectivity index (χ2n) is 7.18. The molecule has 0 bridgehead atoms. The maximum absolute atomic E-state index is 12.8. The molecule has 0 aliphatic carbocycles. The molecule has 6 heteroatoms. The van der Waals surface area contributed by atoms with Crippen molar-refractivity contribution >= 4 is 23.6 Å². The van der Waals surface area contributed by atoms with Crippen molar-refractivity contribution in [3.05, 3.63) is 35.9 Å². The van der Waals surface area contributed by atoms with Gasteiger partial charge in [0.2, 0.25) is 11.8 Å². The number of nitrogens with zero attached hydrogens (tertiary/aromatic N) is 2. The van der Waals surface area contributed by atoms with E-state index in [-0.39, 0.29) is 16.7 Å². The van der Waals surface area contributed by atoms with Gasteiger partial charge < -0.3 is 10.2 Å². The number of rotatable bonds is 5. The predicted molar refractivity (Wildman–Crippen MR) is 97.7 cm³/mol. The van der Waals surface area contributed by atoms with Gasteiger partial charge in [0.05, 0.1) is 10.9 Å². The molecule has 2 aliphatic rings. The summed E-state index contributed by atoms with van der Waals surface area (Å²) in [5.41, 5.74) is 0.191. The van der Waals surface area contributed by atoms with E-state index >= 15 is 0 Å². The first-order valence-corrected chi connectivity index (χ1v) is 9.59. The van der Waals surface area contributed by atoms with E-state index in [0.29, 0.717) is 25.0 Å². The number of benzene rings is 1. The van der Waals surface area contributed by atoms with Gasteiger partial charge in [-0.3, -0.25) is 9.59 Å². The van der Waals surface area contributed by atoms with Crippen molar-refractivity contribution in [1.82, 2.24) is 10.2 Å². The number of carbonyl (C=O) groups is 2. The van der Waals surface area contributed by atoms with E-state index < -0.39 is 11.6 Å². The number of carbonyl (C=O) groups excluding carboxylic acids is 2. The molecule has 1 N–H and O–H groups in total. The predicted octanol–water partition coefficient (Wildman–Crippen LogP) is 2.47. The van der Waals surface area contributed by atoms with Crippen LogP contribution >= 0.6 is 11.8 Å². The van der Waals surface area contributed by atoms with Crippen molar-refractivity contribution in [2.75, 3.05) is 5.75 Å². The Bertz CT molecular complexity index is 717. The van der Waals surface area contributed by atoms with Crippen LogP contribution in [0.2, 0.25) is 0 Å². The molecule has 132 valence electrons. The highest BCUT2D eigenvalue weighted by Crippen LogP contribution is 2.47. The van der Waals surface area contributed by atoms with Crippen LogP contribution in [0.1, 0.15) is 38.7 Å². The number of aryl methyl sites for hydroxylation is 1. The summed E-state index contributed by atoms with van der Waals surface area (Å²) < 4.78 is 0. The fraction of sp³-hybridized carbons (Fsp3) is 0.526. The third kappa shape index (κ3) is 3.52. The maximum atomic E-state index is 12.8. The molecule has 5 nitrogen and oxygen atoms in total. The largest absolute Gasteiger partial charge is 0.336 e. The Balaban J connectivity index is 1.66. The van der Waals surface area contributed by atoms with Gasteiger partial charge in [-0.1, -0.05) is 30.3 Å². The van der Waals surface area contributed by atoms with Crippen molar-refractivity contribution in [3.8, 4) is 6.07 Å². The molecule has 25 heavy (non-hydrogen) atoms. The highest BCUT2D eigenvalue weighted by atomic mass is 32.2. The van der Waals surface area contributed by atoms with Gasteiger partial charge in [0.1, 0.15) is 11.6 Å². The summed E-state index contributed by atoms with van der Waals surface area (Å²) in [4.78, 5) is 26.4. The first-order chi connectivity index (χ1) is 11.9. The monoisotopic (exact) mass is 357 g/mol. The van der Waals surface area contributed by atoms with Gasteiger partial charge >= 0.3 is 0 Å². The van der Waals surface area contributed by atoms with Crippen molar-refractivity contribution in [2.45, 2.75) is 56.0 Å². The Labute approximate surface area is 152 Å². The Morgan fingerprint density at radius 3 is 2.88 bits per heavy atom. The van der Waals surface area contributed by atoms with E-state index in [4.69, 9.17) is 0 Å². The smallest absolute Gasteiger partial charge is 0.244 e. The number of hydrogen-bond donors (Lipinski definition) is 1. The van der Waals surface area contributed by atoms with Crippen molar-refractivity contribution in [1.29, 1.82) is 5.26 Å². The lowest BCUT2D eigenvalue weighted by atomic mass is 9.94. The van der Waals surface area contributed by atoms with Crippen LogP contribution in [0, 0.1) is 11.3 Å². The Morgan fingerprint density at radius 2 is 2.20 bits per heavy atom. The highest BCUT2D eigenvalue weighted by molar-refractivity contribution is 8.01. The molecule has 0 saturated carbocycles. The number of fused-ring (bicyclic) bond motifs is 1. The lowest BCUT2D eigenvalue weighted by molar-refractivity contribution is -0.138. The molecule has 2 heterocycles. The van der Waals surface area contributed by atoms with Crippen molar-refractivity contribution in [3.63, 3.8) is 0 Å². The lowest BCUT2D eigenvalue weighted by Gasteiger charge is -2.32. The van der Waals surface area contributed by atoms with Gasteiger partial charge in [0.15, 0.2) is 0 Å². The van der Waals surface area contributed by atoms with Crippen LogP contribution in [0.15, 0.2) is 30.3 Å². The second-order valence-corrected chi connectivity index (χ2v) is 8.69. The minimum Gasteiger partial charge on any atom is -0.336 e. The third-order valence-electron chi connectivity index (χ3n) is 5.15. The zero-order chi connectivity index (χ0) is 18.1. The van der Waals surface area contributed by atoms with Gasteiger partial charge in [-0.2, -0.15) is 5.26 Å². The summed E-state index contributed by atoms with van der Waals surface area (Å²) in [7, 11) is 0. The second kappa shape index (κ2) is 6.72. The Morgan fingerprint density at radius 1 is 1.48 bits per heavy atom. The topological polar surface area (TPSA) is 73.2 Å². The normalized spacial score (nSPS) is 27.5. The molecule has 3 rings (SSSR count). The number of amides is 2. The third-order valence-corrected chi connectivity index (χ3v) is 6.65. The molecule has 0 spiro atoms. The van der Waals surface area contributed by atoms with Crippen molar-refractivity contribution < 1.29 is 9.59 Å². The van der Waals surface area contributed by atoms with Crippen molar-refractivity contribution in [2.24, 2.45) is 0 Å². The molecule has 0 unspecified atom stereocenters. The Hall–Kier alpha value is -2.00. The maximum Gasteiger partial charge on any atom is 0.244 e. The average Bonchev–Trinajstić information content (AvgIpc) is 3.10. The highest BCUT2D eigenvalue weighted by Gasteiger charge is 2.53. The van der Waals surface area contributed by atoms with Crippen LogP contribution in [0.4, 0.5) is 0 Å². The molecule has 3 atom stereocenters.